The average Bonchev–Trinajstić information content (AvgIpc) is 2.48. The molecule has 0 saturated carbocycles. The Kier molecular flexibility index (Phi) is 4.79. The Balaban J connectivity index is 1.74. The Morgan fingerprint density at radius 1 is 1.42 bits per heavy atom. The van der Waals surface area contributed by atoms with Gasteiger partial charge in [0.05, 0.1) is 25.0 Å². The van der Waals surface area contributed by atoms with Crippen LogP contribution in [-0.2, 0) is 4.79 Å². The third kappa shape index (κ3) is 3.99. The van der Waals surface area contributed by atoms with Gasteiger partial charge in [-0.15, -0.1) is 0 Å². The van der Waals surface area contributed by atoms with E-state index >= 15 is 0 Å². The minimum atomic E-state index is -0.00672. The fraction of sp³-hybridized carbons (Fsp3) is 0.467. The highest BCUT2D eigenvalue weighted by atomic mass is 16.5. The fourth-order valence-corrected chi connectivity index (χ4v) is 2.24. The Bertz CT molecular complexity index is 453. The molecule has 0 radical (unpaired) electrons. The molecular formula is C15H18N2O2. The first-order valence-electron chi connectivity index (χ1n) is 6.65. The van der Waals surface area contributed by atoms with Crippen LogP contribution in [0.2, 0.25) is 0 Å². The summed E-state index contributed by atoms with van der Waals surface area (Å²) in [7, 11) is 0. The van der Waals surface area contributed by atoms with Gasteiger partial charge in [0.2, 0.25) is 5.91 Å². The number of hydrogen-bond donors (Lipinski definition) is 0. The predicted octanol–water partition coefficient (Wildman–Crippen LogP) is 2.22. The van der Waals surface area contributed by atoms with Crippen LogP contribution in [0.15, 0.2) is 30.3 Å². The number of rotatable bonds is 4. The Hall–Kier alpha value is -2.02. The Labute approximate surface area is 113 Å². The lowest BCUT2D eigenvalue weighted by molar-refractivity contribution is -0.133. The molecule has 0 spiro atoms. The minimum Gasteiger partial charge on any atom is -0.493 e. The van der Waals surface area contributed by atoms with Gasteiger partial charge in [-0.3, -0.25) is 4.79 Å². The standard InChI is InChI=1S/C15H18N2O2/c16-11-13-5-4-9-17(12-13)15(18)8-10-19-14-6-2-1-3-7-14/h1-3,6-7,13H,4-5,8-10,12H2. The zero-order valence-electron chi connectivity index (χ0n) is 10.9. The molecule has 1 heterocycles. The van der Waals surface area contributed by atoms with Gasteiger partial charge in [-0.1, -0.05) is 18.2 Å². The lowest BCUT2D eigenvalue weighted by atomic mass is 9.99. The van der Waals surface area contributed by atoms with Crippen LogP contribution in [-0.4, -0.2) is 30.5 Å². The number of carbonyl (C=O) groups excluding carboxylic acids is 1. The molecule has 1 amide bonds. The van der Waals surface area contributed by atoms with Crippen LogP contribution in [0.4, 0.5) is 0 Å². The van der Waals surface area contributed by atoms with E-state index in [2.05, 4.69) is 6.07 Å². The third-order valence-corrected chi connectivity index (χ3v) is 3.28. The van der Waals surface area contributed by atoms with Gasteiger partial charge in [0.1, 0.15) is 5.75 Å². The van der Waals surface area contributed by atoms with Gasteiger partial charge in [0.15, 0.2) is 0 Å². The largest absolute Gasteiger partial charge is 0.493 e. The molecule has 1 unspecified atom stereocenters. The smallest absolute Gasteiger partial charge is 0.226 e. The van der Waals surface area contributed by atoms with Gasteiger partial charge in [-0.05, 0) is 25.0 Å². The minimum absolute atomic E-state index is 0.00672. The molecule has 1 fully saturated rings. The first-order chi connectivity index (χ1) is 9.29. The number of piperidine rings is 1. The van der Waals surface area contributed by atoms with E-state index in [4.69, 9.17) is 10.00 Å². The molecule has 4 nitrogen and oxygen atoms in total. The molecule has 0 N–H and O–H groups in total. The van der Waals surface area contributed by atoms with E-state index in [0.717, 1.165) is 25.1 Å². The zero-order chi connectivity index (χ0) is 13.5. The molecule has 1 atom stereocenters. The molecule has 0 aliphatic carbocycles. The summed E-state index contributed by atoms with van der Waals surface area (Å²) < 4.78 is 5.51. The summed E-state index contributed by atoms with van der Waals surface area (Å²) in [6.45, 7) is 1.72. The lowest BCUT2D eigenvalue weighted by Crippen LogP contribution is -2.40. The van der Waals surface area contributed by atoms with Crippen molar-refractivity contribution in [3.63, 3.8) is 0 Å². The Morgan fingerprint density at radius 3 is 2.95 bits per heavy atom. The number of carbonyl (C=O) groups is 1. The van der Waals surface area contributed by atoms with Crippen molar-refractivity contribution in [3.05, 3.63) is 30.3 Å². The van der Waals surface area contributed by atoms with Crippen molar-refractivity contribution in [2.45, 2.75) is 19.3 Å². The van der Waals surface area contributed by atoms with Gasteiger partial charge >= 0.3 is 0 Å². The van der Waals surface area contributed by atoms with Crippen LogP contribution in [0.3, 0.4) is 0 Å². The van der Waals surface area contributed by atoms with Crippen molar-refractivity contribution in [2.75, 3.05) is 19.7 Å². The number of ether oxygens (including phenoxy) is 1. The third-order valence-electron chi connectivity index (χ3n) is 3.28. The molecular weight excluding hydrogens is 240 g/mol. The molecule has 1 saturated heterocycles. The molecule has 0 aromatic heterocycles. The maximum Gasteiger partial charge on any atom is 0.226 e. The number of nitrogens with zero attached hydrogens (tertiary/aromatic N) is 2. The van der Waals surface area contributed by atoms with E-state index in [-0.39, 0.29) is 11.8 Å². The van der Waals surface area contributed by atoms with Crippen LogP contribution in [0, 0.1) is 17.2 Å². The number of likely N-dealkylation sites (tertiary alicyclic amines) is 1. The monoisotopic (exact) mass is 258 g/mol. The van der Waals surface area contributed by atoms with Crippen LogP contribution in [0.5, 0.6) is 5.75 Å². The van der Waals surface area contributed by atoms with Crippen LogP contribution >= 0.6 is 0 Å². The summed E-state index contributed by atoms with van der Waals surface area (Å²) in [6, 6.07) is 11.7. The lowest BCUT2D eigenvalue weighted by Gasteiger charge is -2.29. The maximum absolute atomic E-state index is 12.0. The van der Waals surface area contributed by atoms with Crippen molar-refractivity contribution in [1.82, 2.24) is 4.90 Å². The van der Waals surface area contributed by atoms with Crippen LogP contribution < -0.4 is 4.74 Å². The van der Waals surface area contributed by atoms with E-state index in [1.807, 2.05) is 30.3 Å². The molecule has 1 aromatic rings. The summed E-state index contributed by atoms with van der Waals surface area (Å²) in [5, 5.41) is 8.90. The van der Waals surface area contributed by atoms with E-state index in [1.54, 1.807) is 4.90 Å². The Morgan fingerprint density at radius 2 is 2.21 bits per heavy atom. The fourth-order valence-electron chi connectivity index (χ4n) is 2.24. The maximum atomic E-state index is 12.0. The first-order valence-corrected chi connectivity index (χ1v) is 6.65. The zero-order valence-corrected chi connectivity index (χ0v) is 10.9. The highest BCUT2D eigenvalue weighted by molar-refractivity contribution is 5.76. The number of para-hydroxylation sites is 1. The van der Waals surface area contributed by atoms with Gasteiger partial charge in [0.25, 0.3) is 0 Å². The average molecular weight is 258 g/mol. The highest BCUT2D eigenvalue weighted by Crippen LogP contribution is 2.16. The number of benzene rings is 1. The van der Waals surface area contributed by atoms with Crippen molar-refractivity contribution in [2.24, 2.45) is 5.92 Å². The summed E-state index contributed by atoms with van der Waals surface area (Å²) >= 11 is 0. The van der Waals surface area contributed by atoms with Crippen molar-refractivity contribution in [3.8, 4) is 11.8 Å². The number of nitriles is 1. The molecule has 2 rings (SSSR count). The highest BCUT2D eigenvalue weighted by Gasteiger charge is 2.22. The molecule has 1 aliphatic heterocycles. The molecule has 0 bridgehead atoms. The number of hydrogen-bond acceptors (Lipinski definition) is 3. The molecule has 1 aromatic carbocycles. The summed E-state index contributed by atoms with van der Waals surface area (Å²) in [6.07, 6.45) is 2.19. The molecule has 1 aliphatic rings. The number of amides is 1. The summed E-state index contributed by atoms with van der Waals surface area (Å²) in [5.41, 5.74) is 0. The predicted molar refractivity (Wildman–Crippen MR) is 71.5 cm³/mol. The van der Waals surface area contributed by atoms with Gasteiger partial charge < -0.3 is 9.64 Å². The second-order valence-corrected chi connectivity index (χ2v) is 4.72. The summed E-state index contributed by atoms with van der Waals surface area (Å²) in [4.78, 5) is 13.8. The SMILES string of the molecule is N#CC1CCCN(C(=O)CCOc2ccccc2)C1. The quantitative estimate of drug-likeness (QED) is 0.832. The second kappa shape index (κ2) is 6.79. The normalized spacial score (nSPS) is 18.7. The van der Waals surface area contributed by atoms with Gasteiger partial charge in [-0.2, -0.15) is 5.26 Å². The van der Waals surface area contributed by atoms with Crippen molar-refractivity contribution in [1.29, 1.82) is 5.26 Å². The molecule has 4 heteroatoms. The van der Waals surface area contributed by atoms with Crippen LogP contribution in [0.1, 0.15) is 19.3 Å². The van der Waals surface area contributed by atoms with Gasteiger partial charge in [-0.25, -0.2) is 0 Å². The van der Waals surface area contributed by atoms with Crippen molar-refractivity contribution < 1.29 is 9.53 Å². The molecule has 100 valence electrons. The topological polar surface area (TPSA) is 53.3 Å². The van der Waals surface area contributed by atoms with E-state index in [0.29, 0.717) is 19.6 Å². The van der Waals surface area contributed by atoms with Gasteiger partial charge in [0, 0.05) is 13.1 Å². The van der Waals surface area contributed by atoms with E-state index in [1.165, 1.54) is 0 Å². The van der Waals surface area contributed by atoms with Crippen LogP contribution in [0.25, 0.3) is 0 Å². The second-order valence-electron chi connectivity index (χ2n) is 4.72. The molecule has 19 heavy (non-hydrogen) atoms. The van der Waals surface area contributed by atoms with Crippen molar-refractivity contribution >= 4 is 5.91 Å². The van der Waals surface area contributed by atoms with E-state index < -0.39 is 0 Å². The summed E-state index contributed by atoms with van der Waals surface area (Å²) in [5.74, 6) is 0.854. The first kappa shape index (κ1) is 13.4. The van der Waals surface area contributed by atoms with E-state index in [9.17, 15) is 4.79 Å².